The van der Waals surface area contributed by atoms with Crippen molar-refractivity contribution in [2.75, 3.05) is 0 Å². The van der Waals surface area contributed by atoms with Crippen molar-refractivity contribution in [1.82, 2.24) is 13.7 Å². The van der Waals surface area contributed by atoms with E-state index in [0.29, 0.717) is 0 Å². The summed E-state index contributed by atoms with van der Waals surface area (Å²) < 4.78 is 246. The Kier molecular flexibility index (Phi) is 2.65. The zero-order valence-electron chi connectivity index (χ0n) is 52.7. The molecule has 51 heavy (non-hydrogen) atoms. The molecule has 0 aliphatic carbocycles. The molecule has 0 amide bonds. The minimum atomic E-state index is -0.997. The number of fused-ring (bicyclic) bond motifs is 9. The van der Waals surface area contributed by atoms with E-state index in [4.69, 9.17) is 20.6 Å². The van der Waals surface area contributed by atoms with Gasteiger partial charge in [0.05, 0.1) is 81.5 Å². The standard InChI is InChI=1S/C48H31N3/c1-2-14-32(15-3-1)33-28-30-34(31-29-33)49-41-22-10-6-18-37(41)47-43(49)24-12-26-45(47)51-42-23-11-7-19-38(42)48-44(25-13-27-46(48)51)50-39-20-8-4-16-35(39)36-17-5-9-21-40(36)50/h1-31H/i1D,2D,3D,4D,5D,6D,7D,8D,9D,10D,11D,12D,13D,14D,15D,16D,17D,18D,19D,20D,21D,22D,23D,24D,25D,26D,27D. The summed E-state index contributed by atoms with van der Waals surface area (Å²) in [5.74, 6) is 0. The molecule has 0 unspecified atom stereocenters. The van der Waals surface area contributed by atoms with Crippen molar-refractivity contribution in [3.63, 3.8) is 0 Å². The monoisotopic (exact) mass is 676 g/mol. The molecule has 8 aromatic carbocycles. The molecule has 0 atom stereocenters. The van der Waals surface area contributed by atoms with Crippen LogP contribution in [0.2, 0.25) is 0 Å². The first kappa shape index (κ1) is 12.5. The van der Waals surface area contributed by atoms with Crippen LogP contribution in [0.15, 0.2) is 187 Å². The van der Waals surface area contributed by atoms with Crippen molar-refractivity contribution in [2.24, 2.45) is 0 Å². The Balaban J connectivity index is 1.41. The quantitative estimate of drug-likeness (QED) is 0.176. The minimum absolute atomic E-state index is 0.00638. The Bertz CT molecular complexity index is 4580. The summed E-state index contributed by atoms with van der Waals surface area (Å²) >= 11 is 0. The van der Waals surface area contributed by atoms with Gasteiger partial charge in [0.1, 0.15) is 0 Å². The molecule has 0 aliphatic heterocycles. The molecule has 11 rings (SSSR count). The van der Waals surface area contributed by atoms with E-state index >= 15 is 0 Å². The third-order valence-electron chi connectivity index (χ3n) is 8.79. The van der Waals surface area contributed by atoms with Crippen molar-refractivity contribution in [1.29, 1.82) is 0 Å². The molecule has 3 heteroatoms. The van der Waals surface area contributed by atoms with Crippen LogP contribution < -0.4 is 0 Å². The van der Waals surface area contributed by atoms with E-state index in [1.54, 1.807) is 0 Å². The normalized spacial score (nSPS) is 19.3. The Morgan fingerprint density at radius 1 is 0.294 bits per heavy atom. The lowest BCUT2D eigenvalue weighted by Crippen LogP contribution is -1.98. The van der Waals surface area contributed by atoms with Gasteiger partial charge in [-0.15, -0.1) is 0 Å². The van der Waals surface area contributed by atoms with E-state index in [9.17, 15) is 16.4 Å². The van der Waals surface area contributed by atoms with E-state index in [0.717, 1.165) is 13.7 Å². The van der Waals surface area contributed by atoms with Crippen LogP contribution in [0.5, 0.6) is 0 Å². The highest BCUT2D eigenvalue weighted by Gasteiger charge is 2.22. The highest BCUT2D eigenvalue weighted by Crippen LogP contribution is 2.43. The number of hydrogen-bond acceptors (Lipinski definition) is 0. The number of nitrogens with zero attached hydrogens (tertiary/aromatic N) is 3. The van der Waals surface area contributed by atoms with Crippen molar-refractivity contribution < 1.29 is 37.0 Å². The van der Waals surface area contributed by atoms with Crippen LogP contribution in [-0.2, 0) is 0 Å². The molecule has 0 saturated heterocycles. The second-order valence-corrected chi connectivity index (χ2v) is 11.3. The third-order valence-corrected chi connectivity index (χ3v) is 8.79. The molecule has 0 bridgehead atoms. The Morgan fingerprint density at radius 2 is 0.686 bits per heavy atom. The largest absolute Gasteiger partial charge is 0.309 e. The second kappa shape index (κ2) is 10.8. The molecule has 0 radical (unpaired) electrons. The third kappa shape index (κ3) is 4.00. The summed E-state index contributed by atoms with van der Waals surface area (Å²) in [6, 6.07) is -16.4. The second-order valence-electron chi connectivity index (χ2n) is 11.3. The molecule has 0 saturated carbocycles. The maximum atomic E-state index is 9.73. The molecule has 0 N–H and O–H groups in total. The van der Waals surface area contributed by atoms with E-state index in [2.05, 4.69) is 0 Å². The maximum absolute atomic E-state index is 9.73. The van der Waals surface area contributed by atoms with E-state index < -0.39 is 234 Å². The molecule has 3 heterocycles. The van der Waals surface area contributed by atoms with Crippen LogP contribution >= 0.6 is 0 Å². The minimum Gasteiger partial charge on any atom is -0.309 e. The van der Waals surface area contributed by atoms with Crippen LogP contribution in [0, 0.1) is 0 Å². The van der Waals surface area contributed by atoms with Gasteiger partial charge in [-0.25, -0.2) is 0 Å². The molecule has 0 spiro atoms. The molecule has 0 fully saturated rings. The predicted octanol–water partition coefficient (Wildman–Crippen LogP) is 12.6. The Labute approximate surface area is 332 Å². The number of aromatic nitrogens is 3. The van der Waals surface area contributed by atoms with Gasteiger partial charge in [-0.05, 0) is 71.6 Å². The number of rotatable bonds is 4. The highest BCUT2D eigenvalue weighted by molar-refractivity contribution is 6.19. The molecular weight excluding hydrogens is 619 g/mol. The van der Waals surface area contributed by atoms with E-state index in [1.165, 1.54) is 24.3 Å². The summed E-state index contributed by atoms with van der Waals surface area (Å²) in [4.78, 5) is 0. The molecular formula is C48H31N3. The fourth-order valence-corrected chi connectivity index (χ4v) is 6.75. The SMILES string of the molecule is [2H]c1c([2H])c([2H])c(-c2ccc(-n3c4c([2H])c([2H])c([2H])c([2H])c4c4c(-n5c6c([2H])c([2H])c([2H])c([2H])c6c6c(-n7c8c([2H])c([2H])c([2H])c([2H])c8c8c([2H])c([2H])c([2H])c([2H])c87)c([2H])c([2H])c([2H])c65)c([2H])c([2H])c([2H])c43)cc2)c([2H])c1[2H]. The van der Waals surface area contributed by atoms with Gasteiger partial charge < -0.3 is 13.7 Å². The summed E-state index contributed by atoms with van der Waals surface area (Å²) in [6.45, 7) is 0. The Hall–Kier alpha value is -6.84. The van der Waals surface area contributed by atoms with Gasteiger partial charge in [-0.1, -0.05) is 127 Å². The number of benzene rings is 8. The first-order valence-electron chi connectivity index (χ1n) is 28.8. The average molecular weight is 677 g/mol. The summed E-state index contributed by atoms with van der Waals surface area (Å²) in [6.07, 6.45) is 0. The van der Waals surface area contributed by atoms with Gasteiger partial charge in [0, 0.05) is 38.0 Å². The van der Waals surface area contributed by atoms with Crippen LogP contribution in [-0.4, -0.2) is 13.7 Å². The molecule has 238 valence electrons. The predicted molar refractivity (Wildman–Crippen MR) is 215 cm³/mol. The lowest BCUT2D eigenvalue weighted by Gasteiger charge is -2.13. The van der Waals surface area contributed by atoms with Gasteiger partial charge >= 0.3 is 0 Å². The van der Waals surface area contributed by atoms with Gasteiger partial charge in [-0.2, -0.15) is 0 Å². The molecule has 3 nitrogen and oxygen atoms in total. The van der Waals surface area contributed by atoms with Gasteiger partial charge in [0.25, 0.3) is 0 Å². The topological polar surface area (TPSA) is 14.8 Å². The fraction of sp³-hybridized carbons (Fsp3) is 0. The van der Waals surface area contributed by atoms with Gasteiger partial charge in [-0.3, -0.25) is 0 Å². The van der Waals surface area contributed by atoms with E-state index in [-0.39, 0.29) is 22.3 Å². The zero-order chi connectivity index (χ0) is 57.0. The summed E-state index contributed by atoms with van der Waals surface area (Å²) in [5, 5.41) is -2.94. The van der Waals surface area contributed by atoms with Crippen LogP contribution in [0.1, 0.15) is 37.0 Å². The van der Waals surface area contributed by atoms with Crippen LogP contribution in [0.4, 0.5) is 0 Å². The van der Waals surface area contributed by atoms with Crippen LogP contribution in [0.25, 0.3) is 93.6 Å². The lowest BCUT2D eigenvalue weighted by atomic mass is 10.1. The first-order valence-corrected chi connectivity index (χ1v) is 15.3. The van der Waals surface area contributed by atoms with Crippen molar-refractivity contribution in [3.8, 4) is 28.2 Å². The number of para-hydroxylation sites is 4. The average Bonchev–Trinajstić information content (AvgIpc) is 4.27. The van der Waals surface area contributed by atoms with Gasteiger partial charge in [0.15, 0.2) is 0 Å². The molecule has 11 aromatic rings. The van der Waals surface area contributed by atoms with E-state index in [1.807, 2.05) is 0 Å². The smallest absolute Gasteiger partial charge is 0.0645 e. The summed E-state index contributed by atoms with van der Waals surface area (Å²) in [7, 11) is 0. The van der Waals surface area contributed by atoms with Crippen LogP contribution in [0.3, 0.4) is 0 Å². The fourth-order valence-electron chi connectivity index (χ4n) is 6.75. The Morgan fingerprint density at radius 3 is 1.24 bits per heavy atom. The number of hydrogen-bond donors (Lipinski definition) is 0. The summed E-state index contributed by atoms with van der Waals surface area (Å²) in [5.41, 5.74) is -4.63. The van der Waals surface area contributed by atoms with Crippen molar-refractivity contribution >= 4 is 65.4 Å². The molecule has 0 aliphatic rings. The lowest BCUT2D eigenvalue weighted by molar-refractivity contribution is 1.17. The zero-order valence-corrected chi connectivity index (χ0v) is 25.7. The van der Waals surface area contributed by atoms with Gasteiger partial charge in [0.2, 0.25) is 0 Å². The van der Waals surface area contributed by atoms with Crippen molar-refractivity contribution in [3.05, 3.63) is 187 Å². The highest BCUT2D eigenvalue weighted by atomic mass is 15.0. The van der Waals surface area contributed by atoms with Crippen molar-refractivity contribution in [2.45, 2.75) is 0 Å². The molecule has 3 aromatic heterocycles. The maximum Gasteiger partial charge on any atom is 0.0645 e. The first-order chi connectivity index (χ1) is 36.6.